The first kappa shape index (κ1) is 41.4. The van der Waals surface area contributed by atoms with Gasteiger partial charge in [-0.1, -0.05) is 109 Å². The van der Waals surface area contributed by atoms with E-state index in [0.717, 1.165) is 24.0 Å². The van der Waals surface area contributed by atoms with Gasteiger partial charge < -0.3 is 20.1 Å². The van der Waals surface area contributed by atoms with Crippen molar-refractivity contribution < 1.29 is 23.9 Å². The van der Waals surface area contributed by atoms with Crippen LogP contribution in [-0.4, -0.2) is 35.6 Å². The van der Waals surface area contributed by atoms with Crippen molar-refractivity contribution in [3.05, 3.63) is 149 Å². The summed E-state index contributed by atoms with van der Waals surface area (Å²) in [5.41, 5.74) is 6.50. The van der Waals surface area contributed by atoms with Crippen molar-refractivity contribution in [1.29, 1.82) is 0 Å². The average Bonchev–Trinajstić information content (AvgIpc) is 3.55. The number of hydrazone groups is 1. The molecule has 2 atom stereocenters. The van der Waals surface area contributed by atoms with Gasteiger partial charge in [0.2, 0.25) is 6.10 Å². The van der Waals surface area contributed by atoms with E-state index in [1.54, 1.807) is 48.5 Å². The Hall–Kier alpha value is -6.22. The SMILES string of the molecule is CCC(Oc1ccc(C(C)(C)CC)cc1C(C)(C)CC)C(=O)Nc1ccc(N2N=C(c3ccc(C(=O)Nc4ccccc4)cc3)C(Oc3ccc(C)cc3)C2=O)cc1. The summed E-state index contributed by atoms with van der Waals surface area (Å²) in [6, 6.07) is 36.9. The first-order valence-corrected chi connectivity index (χ1v) is 20.1. The maximum Gasteiger partial charge on any atom is 0.294 e. The molecule has 0 saturated carbocycles. The summed E-state index contributed by atoms with van der Waals surface area (Å²) in [6.45, 7) is 17.2. The highest BCUT2D eigenvalue weighted by molar-refractivity contribution is 6.24. The number of aryl methyl sites for hydroxylation is 1. The molecule has 0 aliphatic carbocycles. The van der Waals surface area contributed by atoms with Gasteiger partial charge in [0.15, 0.2) is 6.10 Å². The maximum atomic E-state index is 14.1. The summed E-state index contributed by atoms with van der Waals surface area (Å²) in [5, 5.41) is 12.0. The van der Waals surface area contributed by atoms with Gasteiger partial charge in [-0.05, 0) is 109 Å². The van der Waals surface area contributed by atoms with Crippen LogP contribution in [0, 0.1) is 6.92 Å². The molecule has 9 nitrogen and oxygen atoms in total. The van der Waals surface area contributed by atoms with Crippen molar-refractivity contribution in [2.75, 3.05) is 15.6 Å². The third-order valence-electron chi connectivity index (χ3n) is 11.2. The monoisotopic (exact) mass is 778 g/mol. The van der Waals surface area contributed by atoms with Crippen LogP contribution < -0.4 is 25.1 Å². The molecular weight excluding hydrogens is 725 g/mol. The molecule has 58 heavy (non-hydrogen) atoms. The van der Waals surface area contributed by atoms with E-state index in [1.165, 1.54) is 10.6 Å². The second kappa shape index (κ2) is 17.5. The number of nitrogens with zero attached hydrogens (tertiary/aromatic N) is 2. The Balaban J connectivity index is 1.20. The zero-order chi connectivity index (χ0) is 41.6. The standard InChI is InChI=1S/C49H54N4O5/c1-9-41(58-42-30-23-35(48(5,6)10-2)31-40(42)49(7,8)11-3)46(55)51-37-24-26-38(27-25-37)53-47(56)44(57-39-28-17-32(4)18-29-39)43(52-53)33-19-21-34(22-20-33)45(54)50-36-15-13-12-14-16-36/h12-31,41,44H,9-11H2,1-8H3,(H,50,54)(H,51,55). The topological polar surface area (TPSA) is 109 Å². The predicted molar refractivity (Wildman–Crippen MR) is 233 cm³/mol. The Kier molecular flexibility index (Phi) is 12.5. The fourth-order valence-electron chi connectivity index (χ4n) is 6.57. The fraction of sp³-hybridized carbons (Fsp3) is 0.306. The van der Waals surface area contributed by atoms with Crippen molar-refractivity contribution >= 4 is 40.5 Å². The molecule has 1 aliphatic heterocycles. The van der Waals surface area contributed by atoms with E-state index in [4.69, 9.17) is 14.6 Å². The van der Waals surface area contributed by atoms with Crippen LogP contribution in [0.5, 0.6) is 11.5 Å². The molecule has 5 aromatic rings. The Morgan fingerprint density at radius 2 is 1.40 bits per heavy atom. The number of amides is 3. The minimum Gasteiger partial charge on any atom is -0.480 e. The Morgan fingerprint density at radius 3 is 2.02 bits per heavy atom. The molecule has 2 unspecified atom stereocenters. The highest BCUT2D eigenvalue weighted by Crippen LogP contribution is 2.39. The van der Waals surface area contributed by atoms with Crippen molar-refractivity contribution in [2.24, 2.45) is 5.10 Å². The van der Waals surface area contributed by atoms with E-state index in [-0.39, 0.29) is 28.6 Å². The zero-order valence-electron chi connectivity index (χ0n) is 34.8. The first-order chi connectivity index (χ1) is 27.7. The van der Waals surface area contributed by atoms with E-state index < -0.39 is 12.2 Å². The van der Waals surface area contributed by atoms with Gasteiger partial charge in [-0.15, -0.1) is 0 Å². The number of nitrogens with one attached hydrogen (secondary N) is 2. The zero-order valence-corrected chi connectivity index (χ0v) is 34.8. The smallest absolute Gasteiger partial charge is 0.294 e. The highest BCUT2D eigenvalue weighted by Gasteiger charge is 2.40. The maximum absolute atomic E-state index is 14.1. The van der Waals surface area contributed by atoms with Crippen molar-refractivity contribution in [2.45, 2.75) is 97.7 Å². The molecule has 0 saturated heterocycles. The van der Waals surface area contributed by atoms with Crippen molar-refractivity contribution in [1.82, 2.24) is 0 Å². The molecule has 300 valence electrons. The summed E-state index contributed by atoms with van der Waals surface area (Å²) in [4.78, 5) is 40.7. The van der Waals surface area contributed by atoms with E-state index in [2.05, 4.69) is 64.3 Å². The molecule has 1 heterocycles. The number of carbonyl (C=O) groups is 3. The number of benzene rings is 5. The molecule has 0 spiro atoms. The Labute approximate surface area is 342 Å². The number of ether oxygens (including phenoxy) is 2. The number of anilines is 3. The lowest BCUT2D eigenvalue weighted by Gasteiger charge is -2.31. The van der Waals surface area contributed by atoms with Gasteiger partial charge in [0.05, 0.1) is 5.69 Å². The summed E-state index contributed by atoms with van der Waals surface area (Å²) in [7, 11) is 0. The molecule has 1 aliphatic rings. The van der Waals surface area contributed by atoms with Gasteiger partial charge in [0.1, 0.15) is 17.2 Å². The molecule has 0 bridgehead atoms. The van der Waals surface area contributed by atoms with Crippen LogP contribution in [0.2, 0.25) is 0 Å². The quantitative estimate of drug-likeness (QED) is 0.110. The number of rotatable bonds is 15. The van der Waals surface area contributed by atoms with Gasteiger partial charge in [-0.25, -0.2) is 0 Å². The van der Waals surface area contributed by atoms with Gasteiger partial charge in [-0.2, -0.15) is 10.1 Å². The number of para-hydroxylation sites is 1. The molecule has 5 aromatic carbocycles. The molecule has 2 N–H and O–H groups in total. The predicted octanol–water partition coefficient (Wildman–Crippen LogP) is 10.6. The summed E-state index contributed by atoms with van der Waals surface area (Å²) in [6.07, 6.45) is 0.624. The van der Waals surface area contributed by atoms with Crippen LogP contribution in [0.1, 0.15) is 100 Å². The Bertz CT molecular complexity index is 2260. The van der Waals surface area contributed by atoms with Crippen LogP contribution >= 0.6 is 0 Å². The summed E-state index contributed by atoms with van der Waals surface area (Å²) >= 11 is 0. The van der Waals surface area contributed by atoms with E-state index in [9.17, 15) is 14.4 Å². The van der Waals surface area contributed by atoms with Gasteiger partial charge in [-0.3, -0.25) is 14.4 Å². The van der Waals surface area contributed by atoms with Crippen molar-refractivity contribution in [3.8, 4) is 11.5 Å². The number of hydrogen-bond acceptors (Lipinski definition) is 6. The third kappa shape index (κ3) is 9.31. The minimum absolute atomic E-state index is 0.0142. The molecule has 0 radical (unpaired) electrons. The van der Waals surface area contributed by atoms with Crippen LogP contribution in [-0.2, 0) is 20.4 Å². The molecule has 0 fully saturated rings. The van der Waals surface area contributed by atoms with Crippen LogP contribution in [0.15, 0.2) is 126 Å². The second-order valence-electron chi connectivity index (χ2n) is 16.1. The third-order valence-corrected chi connectivity index (χ3v) is 11.2. The average molecular weight is 779 g/mol. The first-order valence-electron chi connectivity index (χ1n) is 20.1. The van der Waals surface area contributed by atoms with Crippen LogP contribution in [0.25, 0.3) is 0 Å². The van der Waals surface area contributed by atoms with E-state index >= 15 is 0 Å². The Morgan fingerprint density at radius 1 is 0.759 bits per heavy atom. The van der Waals surface area contributed by atoms with Crippen LogP contribution in [0.4, 0.5) is 17.1 Å². The number of carbonyl (C=O) groups excluding carboxylic acids is 3. The molecule has 6 rings (SSSR count). The fourth-order valence-corrected chi connectivity index (χ4v) is 6.57. The second-order valence-corrected chi connectivity index (χ2v) is 16.1. The largest absolute Gasteiger partial charge is 0.480 e. The van der Waals surface area contributed by atoms with E-state index in [0.29, 0.717) is 51.8 Å². The van der Waals surface area contributed by atoms with Gasteiger partial charge in [0, 0.05) is 28.1 Å². The highest BCUT2D eigenvalue weighted by atomic mass is 16.5. The summed E-state index contributed by atoms with van der Waals surface area (Å²) < 4.78 is 12.8. The van der Waals surface area contributed by atoms with Gasteiger partial charge >= 0.3 is 0 Å². The number of hydrogen-bond donors (Lipinski definition) is 2. The van der Waals surface area contributed by atoms with Crippen molar-refractivity contribution in [3.63, 3.8) is 0 Å². The molecular formula is C49H54N4O5. The molecule has 3 amide bonds. The normalized spacial score (nSPS) is 14.8. The lowest BCUT2D eigenvalue weighted by molar-refractivity contribution is -0.123. The molecule has 9 heteroatoms. The lowest BCUT2D eigenvalue weighted by Crippen LogP contribution is -2.37. The van der Waals surface area contributed by atoms with Crippen LogP contribution in [0.3, 0.4) is 0 Å². The van der Waals surface area contributed by atoms with Gasteiger partial charge in [0.25, 0.3) is 17.7 Å². The minimum atomic E-state index is -1.04. The summed E-state index contributed by atoms with van der Waals surface area (Å²) in [5.74, 6) is 0.341. The lowest BCUT2D eigenvalue weighted by atomic mass is 9.76. The van der Waals surface area contributed by atoms with E-state index in [1.807, 2.05) is 74.5 Å². The molecule has 0 aromatic heterocycles.